The minimum Gasteiger partial charge on any atom is -0.370 e. The fraction of sp³-hybridized carbons (Fsp3) is 0.267. The quantitative estimate of drug-likeness (QED) is 0.517. The maximum absolute atomic E-state index is 11.7. The third kappa shape index (κ3) is 3.00. The van der Waals surface area contributed by atoms with Crippen molar-refractivity contribution in [1.29, 1.82) is 0 Å². The van der Waals surface area contributed by atoms with Gasteiger partial charge in [-0.25, -0.2) is 5.84 Å². The molecule has 1 aromatic carbocycles. The van der Waals surface area contributed by atoms with Crippen LogP contribution >= 0.6 is 11.3 Å². The molecule has 0 spiro atoms. The summed E-state index contributed by atoms with van der Waals surface area (Å²) in [6, 6.07) is 8.34. The molecule has 0 saturated carbocycles. The second kappa shape index (κ2) is 6.07. The number of carbonyl (C=O) groups is 1. The zero-order valence-corrected chi connectivity index (χ0v) is 12.8. The highest BCUT2D eigenvalue weighted by Gasteiger charge is 2.14. The molecular weight excluding hydrogens is 270 g/mol. The van der Waals surface area contributed by atoms with E-state index in [0.29, 0.717) is 11.4 Å². The predicted octanol–water partition coefficient (Wildman–Crippen LogP) is 2.60. The number of rotatable bonds is 4. The molecule has 106 valence electrons. The van der Waals surface area contributed by atoms with Crippen molar-refractivity contribution in [2.24, 2.45) is 5.84 Å². The number of nitrogens with one attached hydrogen (secondary N) is 1. The maximum atomic E-state index is 11.7. The topological polar surface area (TPSA) is 58.4 Å². The van der Waals surface area contributed by atoms with Crippen LogP contribution < -0.4 is 16.2 Å². The minimum absolute atomic E-state index is 0.232. The largest absolute Gasteiger partial charge is 0.370 e. The standard InChI is InChI=1S/C15H19N3OS/c1-10-4-5-13(11(2)8-10)18(3)9-12-6-7-20-14(12)15(19)17-16/h4-8H,9,16H2,1-3H3,(H,17,19). The Kier molecular flexibility index (Phi) is 4.42. The Labute approximate surface area is 123 Å². The number of hydrogen-bond acceptors (Lipinski definition) is 4. The van der Waals surface area contributed by atoms with Crippen LogP contribution in [0.15, 0.2) is 29.6 Å². The molecule has 1 amide bonds. The van der Waals surface area contributed by atoms with Gasteiger partial charge in [0.25, 0.3) is 5.91 Å². The lowest BCUT2D eigenvalue weighted by Crippen LogP contribution is -2.30. The summed E-state index contributed by atoms with van der Waals surface area (Å²) in [5.41, 5.74) is 6.82. The zero-order valence-electron chi connectivity index (χ0n) is 11.9. The van der Waals surface area contributed by atoms with Crippen LogP contribution in [0.3, 0.4) is 0 Å². The number of nitrogens with two attached hydrogens (primary N) is 1. The Bertz CT molecular complexity index is 621. The van der Waals surface area contributed by atoms with Crippen molar-refractivity contribution in [1.82, 2.24) is 5.43 Å². The van der Waals surface area contributed by atoms with E-state index in [2.05, 4.69) is 42.4 Å². The zero-order chi connectivity index (χ0) is 14.7. The molecule has 2 aromatic rings. The third-order valence-electron chi connectivity index (χ3n) is 3.26. The van der Waals surface area contributed by atoms with Gasteiger partial charge in [-0.15, -0.1) is 11.3 Å². The first kappa shape index (κ1) is 14.6. The van der Waals surface area contributed by atoms with Crippen LogP contribution in [-0.4, -0.2) is 13.0 Å². The molecule has 0 radical (unpaired) electrons. The monoisotopic (exact) mass is 289 g/mol. The fourth-order valence-corrected chi connectivity index (χ4v) is 3.12. The molecule has 4 nitrogen and oxygen atoms in total. The number of nitrogen functional groups attached to an aromatic ring is 1. The van der Waals surface area contributed by atoms with Crippen LogP contribution in [-0.2, 0) is 6.54 Å². The second-order valence-corrected chi connectivity index (χ2v) is 5.81. The lowest BCUT2D eigenvalue weighted by Gasteiger charge is -2.22. The fourth-order valence-electron chi connectivity index (χ4n) is 2.30. The van der Waals surface area contributed by atoms with Gasteiger partial charge in [-0.05, 0) is 42.5 Å². The summed E-state index contributed by atoms with van der Waals surface area (Å²) < 4.78 is 0. The lowest BCUT2D eigenvalue weighted by molar-refractivity contribution is 0.0957. The van der Waals surface area contributed by atoms with Crippen LogP contribution in [0.1, 0.15) is 26.4 Å². The minimum atomic E-state index is -0.232. The Morgan fingerprint density at radius 3 is 2.75 bits per heavy atom. The second-order valence-electron chi connectivity index (χ2n) is 4.89. The smallest absolute Gasteiger partial charge is 0.275 e. The van der Waals surface area contributed by atoms with Gasteiger partial charge in [0.2, 0.25) is 0 Å². The summed E-state index contributed by atoms with van der Waals surface area (Å²) in [6.45, 7) is 4.86. The van der Waals surface area contributed by atoms with Gasteiger partial charge in [0.1, 0.15) is 0 Å². The molecule has 1 heterocycles. The van der Waals surface area contributed by atoms with Gasteiger partial charge in [-0.1, -0.05) is 17.7 Å². The Hall–Kier alpha value is -1.85. The summed E-state index contributed by atoms with van der Waals surface area (Å²) in [4.78, 5) is 14.5. The third-order valence-corrected chi connectivity index (χ3v) is 4.21. The van der Waals surface area contributed by atoms with Crippen LogP contribution in [0.5, 0.6) is 0 Å². The van der Waals surface area contributed by atoms with Crippen LogP contribution in [0.25, 0.3) is 0 Å². The van der Waals surface area contributed by atoms with E-state index in [0.717, 1.165) is 5.56 Å². The van der Waals surface area contributed by atoms with Crippen molar-refractivity contribution in [3.8, 4) is 0 Å². The van der Waals surface area contributed by atoms with Crippen molar-refractivity contribution in [3.05, 3.63) is 51.2 Å². The first-order valence-corrected chi connectivity index (χ1v) is 7.26. The lowest BCUT2D eigenvalue weighted by atomic mass is 10.1. The first-order valence-electron chi connectivity index (χ1n) is 6.38. The summed E-state index contributed by atoms with van der Waals surface area (Å²) in [6.07, 6.45) is 0. The highest BCUT2D eigenvalue weighted by molar-refractivity contribution is 7.12. The molecule has 2 rings (SSSR count). The van der Waals surface area contributed by atoms with E-state index in [4.69, 9.17) is 5.84 Å². The van der Waals surface area contributed by atoms with E-state index >= 15 is 0 Å². The summed E-state index contributed by atoms with van der Waals surface area (Å²) in [7, 11) is 2.03. The van der Waals surface area contributed by atoms with Crippen LogP contribution in [0, 0.1) is 13.8 Å². The van der Waals surface area contributed by atoms with E-state index in [1.54, 1.807) is 0 Å². The van der Waals surface area contributed by atoms with Gasteiger partial charge in [0.05, 0.1) is 4.88 Å². The first-order chi connectivity index (χ1) is 9.52. The van der Waals surface area contributed by atoms with E-state index in [1.807, 2.05) is 18.5 Å². The molecule has 20 heavy (non-hydrogen) atoms. The normalized spacial score (nSPS) is 10.4. The van der Waals surface area contributed by atoms with E-state index < -0.39 is 0 Å². The number of anilines is 1. The van der Waals surface area contributed by atoms with Crippen molar-refractivity contribution in [2.75, 3.05) is 11.9 Å². The van der Waals surface area contributed by atoms with E-state index in [1.165, 1.54) is 28.2 Å². The molecule has 0 aliphatic heterocycles. The molecule has 0 aliphatic rings. The highest BCUT2D eigenvalue weighted by atomic mass is 32.1. The Balaban J connectivity index is 2.21. The number of hydrogen-bond donors (Lipinski definition) is 2. The van der Waals surface area contributed by atoms with Gasteiger partial charge < -0.3 is 4.90 Å². The summed E-state index contributed by atoms with van der Waals surface area (Å²) in [5.74, 6) is 4.98. The molecular formula is C15H19N3OS. The molecule has 0 atom stereocenters. The average Bonchev–Trinajstić information content (AvgIpc) is 2.85. The average molecular weight is 289 g/mol. The Morgan fingerprint density at radius 1 is 1.35 bits per heavy atom. The van der Waals surface area contributed by atoms with E-state index in [-0.39, 0.29) is 5.91 Å². The van der Waals surface area contributed by atoms with Gasteiger partial charge in [-0.3, -0.25) is 10.2 Å². The summed E-state index contributed by atoms with van der Waals surface area (Å²) >= 11 is 1.41. The predicted molar refractivity (Wildman–Crippen MR) is 84.0 cm³/mol. The number of nitrogens with zero attached hydrogens (tertiary/aromatic N) is 1. The number of amides is 1. The van der Waals surface area contributed by atoms with Crippen LogP contribution in [0.4, 0.5) is 5.69 Å². The van der Waals surface area contributed by atoms with Crippen LogP contribution in [0.2, 0.25) is 0 Å². The van der Waals surface area contributed by atoms with Gasteiger partial charge in [0, 0.05) is 19.3 Å². The molecule has 5 heteroatoms. The van der Waals surface area contributed by atoms with Gasteiger partial charge in [0.15, 0.2) is 0 Å². The van der Waals surface area contributed by atoms with Gasteiger partial charge >= 0.3 is 0 Å². The molecule has 0 bridgehead atoms. The number of thiophene rings is 1. The molecule has 3 N–H and O–H groups in total. The van der Waals surface area contributed by atoms with E-state index in [9.17, 15) is 4.79 Å². The molecule has 1 aromatic heterocycles. The number of hydrazine groups is 1. The number of benzene rings is 1. The molecule has 0 fully saturated rings. The Morgan fingerprint density at radius 2 is 2.10 bits per heavy atom. The van der Waals surface area contributed by atoms with Crippen molar-refractivity contribution in [3.63, 3.8) is 0 Å². The van der Waals surface area contributed by atoms with Crippen molar-refractivity contribution < 1.29 is 4.79 Å². The number of aryl methyl sites for hydroxylation is 2. The van der Waals surface area contributed by atoms with Crippen molar-refractivity contribution in [2.45, 2.75) is 20.4 Å². The SMILES string of the molecule is Cc1ccc(N(C)Cc2ccsc2C(=O)NN)c(C)c1. The molecule has 0 saturated heterocycles. The van der Waals surface area contributed by atoms with Gasteiger partial charge in [-0.2, -0.15) is 0 Å². The maximum Gasteiger partial charge on any atom is 0.275 e. The highest BCUT2D eigenvalue weighted by Crippen LogP contribution is 2.24. The summed E-state index contributed by atoms with van der Waals surface area (Å²) in [5, 5.41) is 1.91. The number of carbonyl (C=O) groups excluding carboxylic acids is 1. The molecule has 0 aliphatic carbocycles. The molecule has 0 unspecified atom stereocenters. The van der Waals surface area contributed by atoms with Crippen molar-refractivity contribution >= 4 is 22.9 Å².